The van der Waals surface area contributed by atoms with Crippen LogP contribution in [0.25, 0.3) is 0 Å². The lowest BCUT2D eigenvalue weighted by atomic mass is 10.1. The molecule has 1 amide bonds. The zero-order valence-electron chi connectivity index (χ0n) is 13.2. The maximum atomic E-state index is 12.3. The van der Waals surface area contributed by atoms with Crippen molar-refractivity contribution in [2.45, 2.75) is 0 Å². The van der Waals surface area contributed by atoms with Crippen molar-refractivity contribution in [3.05, 3.63) is 52.9 Å². The lowest BCUT2D eigenvalue weighted by Crippen LogP contribution is -2.48. The molecule has 0 bridgehead atoms. The van der Waals surface area contributed by atoms with Gasteiger partial charge in [0.05, 0.1) is 29.6 Å². The highest BCUT2D eigenvalue weighted by Gasteiger charge is 2.25. The Kier molecular flexibility index (Phi) is 4.76. The molecule has 1 aliphatic rings. The van der Waals surface area contributed by atoms with Gasteiger partial charge in [-0.15, -0.1) is 0 Å². The number of carbonyl (C=O) groups excluding carboxylic acids is 2. The molecule has 2 aromatic rings. The molecule has 0 spiro atoms. The molecule has 0 atom stereocenters. The van der Waals surface area contributed by atoms with Crippen molar-refractivity contribution in [1.29, 1.82) is 0 Å². The van der Waals surface area contributed by atoms with E-state index in [1.165, 1.54) is 13.4 Å². The molecule has 3 rings (SSSR count). The van der Waals surface area contributed by atoms with Crippen LogP contribution in [0.4, 0.5) is 5.69 Å². The number of anilines is 1. The van der Waals surface area contributed by atoms with Crippen LogP contribution in [0, 0.1) is 0 Å². The molecular formula is C17H17ClN2O4. The SMILES string of the molecule is COC(=O)c1ccc(Cl)c(N2CCN(C(=O)c3ccco3)CC2)c1. The van der Waals surface area contributed by atoms with E-state index in [4.69, 9.17) is 20.8 Å². The Balaban J connectivity index is 1.70. The highest BCUT2D eigenvalue weighted by atomic mass is 35.5. The molecule has 0 aliphatic carbocycles. The van der Waals surface area contributed by atoms with E-state index in [-0.39, 0.29) is 5.91 Å². The first-order chi connectivity index (χ1) is 11.6. The number of amides is 1. The van der Waals surface area contributed by atoms with E-state index in [2.05, 4.69) is 4.90 Å². The van der Waals surface area contributed by atoms with Crippen molar-refractivity contribution in [3.63, 3.8) is 0 Å². The Morgan fingerprint density at radius 3 is 2.54 bits per heavy atom. The largest absolute Gasteiger partial charge is 0.465 e. The number of halogens is 1. The number of benzene rings is 1. The first-order valence-electron chi connectivity index (χ1n) is 7.55. The van der Waals surface area contributed by atoms with Crippen LogP contribution < -0.4 is 4.90 Å². The summed E-state index contributed by atoms with van der Waals surface area (Å²) in [5.41, 5.74) is 1.22. The van der Waals surface area contributed by atoms with Crippen molar-refractivity contribution in [2.75, 3.05) is 38.2 Å². The summed E-state index contributed by atoms with van der Waals surface area (Å²) in [6.07, 6.45) is 1.49. The third kappa shape index (κ3) is 3.23. The zero-order chi connectivity index (χ0) is 17.1. The van der Waals surface area contributed by atoms with Crippen LogP contribution >= 0.6 is 11.6 Å². The van der Waals surface area contributed by atoms with E-state index >= 15 is 0 Å². The van der Waals surface area contributed by atoms with Crippen molar-refractivity contribution < 1.29 is 18.7 Å². The Bertz CT molecular complexity index is 737. The average molecular weight is 349 g/mol. The maximum Gasteiger partial charge on any atom is 0.337 e. The minimum Gasteiger partial charge on any atom is -0.465 e. The molecule has 7 heteroatoms. The Hall–Kier alpha value is -2.47. The molecule has 24 heavy (non-hydrogen) atoms. The topological polar surface area (TPSA) is 63.0 Å². The number of methoxy groups -OCH3 is 1. The van der Waals surface area contributed by atoms with E-state index in [1.54, 1.807) is 35.2 Å². The fraction of sp³-hybridized carbons (Fsp3) is 0.294. The van der Waals surface area contributed by atoms with Crippen LogP contribution in [0.3, 0.4) is 0 Å². The van der Waals surface area contributed by atoms with Crippen LogP contribution in [-0.4, -0.2) is 50.1 Å². The van der Waals surface area contributed by atoms with Crippen LogP contribution in [0.5, 0.6) is 0 Å². The quantitative estimate of drug-likeness (QED) is 0.798. The number of piperazine rings is 1. The van der Waals surface area contributed by atoms with Gasteiger partial charge in [0.15, 0.2) is 5.76 Å². The third-order valence-electron chi connectivity index (χ3n) is 4.01. The summed E-state index contributed by atoms with van der Waals surface area (Å²) in [6.45, 7) is 2.35. The Morgan fingerprint density at radius 2 is 1.92 bits per heavy atom. The molecule has 1 saturated heterocycles. The summed E-state index contributed by atoms with van der Waals surface area (Å²) in [5, 5.41) is 0.563. The monoisotopic (exact) mass is 348 g/mol. The van der Waals surface area contributed by atoms with Gasteiger partial charge >= 0.3 is 5.97 Å². The van der Waals surface area contributed by atoms with Gasteiger partial charge in [0.2, 0.25) is 0 Å². The van der Waals surface area contributed by atoms with Crippen LogP contribution in [0.15, 0.2) is 41.0 Å². The summed E-state index contributed by atoms with van der Waals surface area (Å²) < 4.78 is 9.90. The highest BCUT2D eigenvalue weighted by Crippen LogP contribution is 2.28. The second-order valence-corrected chi connectivity index (χ2v) is 5.82. The number of nitrogens with zero attached hydrogens (tertiary/aromatic N) is 2. The van der Waals surface area contributed by atoms with Gasteiger partial charge in [-0.25, -0.2) is 4.79 Å². The molecule has 1 aromatic heterocycles. The van der Waals surface area contributed by atoms with Gasteiger partial charge in [-0.2, -0.15) is 0 Å². The molecule has 126 valence electrons. The second-order valence-electron chi connectivity index (χ2n) is 5.41. The van der Waals surface area contributed by atoms with Crippen molar-refractivity contribution in [1.82, 2.24) is 4.90 Å². The fourth-order valence-corrected chi connectivity index (χ4v) is 2.94. The van der Waals surface area contributed by atoms with E-state index < -0.39 is 5.97 Å². The molecule has 0 N–H and O–H groups in total. The molecular weight excluding hydrogens is 332 g/mol. The smallest absolute Gasteiger partial charge is 0.337 e. The molecule has 2 heterocycles. The fourth-order valence-electron chi connectivity index (χ4n) is 2.71. The predicted molar refractivity (Wildman–Crippen MR) is 89.6 cm³/mol. The predicted octanol–water partition coefficient (Wildman–Crippen LogP) is 2.68. The number of rotatable bonds is 3. The average Bonchev–Trinajstić information content (AvgIpc) is 3.15. The summed E-state index contributed by atoms with van der Waals surface area (Å²) in [4.78, 5) is 27.8. The minimum atomic E-state index is -0.403. The second kappa shape index (κ2) is 6.97. The minimum absolute atomic E-state index is 0.117. The summed E-state index contributed by atoms with van der Waals surface area (Å²) in [7, 11) is 1.34. The Morgan fingerprint density at radius 1 is 1.17 bits per heavy atom. The van der Waals surface area contributed by atoms with E-state index in [9.17, 15) is 9.59 Å². The first kappa shape index (κ1) is 16.4. The number of furan rings is 1. The van der Waals surface area contributed by atoms with Crippen molar-refractivity contribution in [3.8, 4) is 0 Å². The van der Waals surface area contributed by atoms with Gasteiger partial charge in [0, 0.05) is 26.2 Å². The first-order valence-corrected chi connectivity index (χ1v) is 7.93. The van der Waals surface area contributed by atoms with Crippen molar-refractivity contribution >= 4 is 29.2 Å². The number of hydrogen-bond acceptors (Lipinski definition) is 5. The van der Waals surface area contributed by atoms with Crippen LogP contribution in [0.1, 0.15) is 20.9 Å². The summed E-state index contributed by atoms with van der Waals surface area (Å²) >= 11 is 6.27. The summed E-state index contributed by atoms with van der Waals surface area (Å²) in [6, 6.07) is 8.39. The van der Waals surface area contributed by atoms with Gasteiger partial charge in [0.1, 0.15) is 0 Å². The third-order valence-corrected chi connectivity index (χ3v) is 4.33. The molecule has 6 nitrogen and oxygen atoms in total. The van der Waals surface area contributed by atoms with E-state index in [0.29, 0.717) is 42.5 Å². The molecule has 0 radical (unpaired) electrons. The lowest BCUT2D eigenvalue weighted by Gasteiger charge is -2.36. The van der Waals surface area contributed by atoms with Crippen molar-refractivity contribution in [2.24, 2.45) is 0 Å². The standard InChI is InChI=1S/C17H17ClN2O4/c1-23-17(22)12-4-5-13(18)14(11-12)19-6-8-20(9-7-19)16(21)15-3-2-10-24-15/h2-5,10-11H,6-9H2,1H3. The zero-order valence-corrected chi connectivity index (χ0v) is 14.0. The van der Waals surface area contributed by atoms with E-state index in [0.717, 1.165) is 5.69 Å². The molecule has 1 fully saturated rings. The van der Waals surface area contributed by atoms with Gasteiger partial charge in [-0.3, -0.25) is 4.79 Å². The van der Waals surface area contributed by atoms with Crippen LogP contribution in [-0.2, 0) is 4.74 Å². The lowest BCUT2D eigenvalue weighted by molar-refractivity contribution is 0.0600. The van der Waals surface area contributed by atoms with Gasteiger partial charge in [0.25, 0.3) is 5.91 Å². The number of hydrogen-bond donors (Lipinski definition) is 0. The molecule has 1 aromatic carbocycles. The highest BCUT2D eigenvalue weighted by molar-refractivity contribution is 6.33. The number of ether oxygens (including phenoxy) is 1. The van der Waals surface area contributed by atoms with E-state index in [1.807, 2.05) is 0 Å². The number of esters is 1. The van der Waals surface area contributed by atoms with Gasteiger partial charge < -0.3 is 19.0 Å². The normalized spacial score (nSPS) is 14.6. The Labute approximate surface area is 144 Å². The molecule has 0 saturated carbocycles. The molecule has 0 unspecified atom stereocenters. The number of carbonyl (C=O) groups is 2. The maximum absolute atomic E-state index is 12.3. The molecule has 1 aliphatic heterocycles. The van der Waals surface area contributed by atoms with Gasteiger partial charge in [-0.05, 0) is 30.3 Å². The van der Waals surface area contributed by atoms with Crippen LogP contribution in [0.2, 0.25) is 5.02 Å². The summed E-state index contributed by atoms with van der Waals surface area (Å²) in [5.74, 6) is -0.178. The van der Waals surface area contributed by atoms with Gasteiger partial charge in [-0.1, -0.05) is 11.6 Å².